The van der Waals surface area contributed by atoms with Gasteiger partial charge in [0.25, 0.3) is 0 Å². The van der Waals surface area contributed by atoms with Crippen molar-refractivity contribution in [2.24, 2.45) is 0 Å². The molecule has 0 aliphatic rings. The second kappa shape index (κ2) is 19.8. The molecule has 0 saturated carbocycles. The number of hydrogen-bond acceptors (Lipinski definition) is 1. The Bertz CT molecular complexity index is 315. The summed E-state index contributed by atoms with van der Waals surface area (Å²) < 4.78 is 6.42. The van der Waals surface area contributed by atoms with Gasteiger partial charge in [-0.2, -0.15) is 0 Å². The van der Waals surface area contributed by atoms with E-state index < -0.39 is 18.4 Å². The van der Waals surface area contributed by atoms with Crippen LogP contribution in [0.2, 0.25) is 13.3 Å². The summed E-state index contributed by atoms with van der Waals surface area (Å²) in [6, 6.07) is 0. The van der Waals surface area contributed by atoms with Crippen molar-refractivity contribution in [2.45, 2.75) is 137 Å². The van der Waals surface area contributed by atoms with Gasteiger partial charge < -0.3 is 0 Å². The Morgan fingerprint density at radius 3 is 1.41 bits per heavy atom. The maximum atomic E-state index is 9.76. The van der Waals surface area contributed by atoms with Gasteiger partial charge in [-0.1, -0.05) is 0 Å². The van der Waals surface area contributed by atoms with Gasteiger partial charge in [-0.15, -0.1) is 0 Å². The molecule has 0 aliphatic carbocycles. The molecule has 1 nitrogen and oxygen atoms in total. The van der Waals surface area contributed by atoms with Crippen LogP contribution in [0, 0.1) is 0 Å². The first-order valence-corrected chi connectivity index (χ1v) is 20.0. The zero-order valence-corrected chi connectivity index (χ0v) is 22.3. The first-order chi connectivity index (χ1) is 13.2. The normalized spacial score (nSPS) is 12.7. The van der Waals surface area contributed by atoms with Crippen molar-refractivity contribution in [1.82, 2.24) is 0 Å². The van der Waals surface area contributed by atoms with E-state index in [1.54, 1.807) is 0 Å². The van der Waals surface area contributed by atoms with Crippen molar-refractivity contribution in [3.05, 3.63) is 9.67 Å². The molecule has 27 heavy (non-hydrogen) atoms. The Morgan fingerprint density at radius 1 is 0.593 bits per heavy atom. The molecular weight excluding hydrogens is 435 g/mol. The fraction of sp³-hybridized carbons (Fsp3) is 0.920. The Morgan fingerprint density at radius 2 is 1.00 bits per heavy atom. The molecular formula is C25H52OSn. The Labute approximate surface area is 176 Å². The molecule has 0 spiro atoms. The standard InChI is InChI=1S/C13H25O.3C4H9.Sn/c1-2-3-4-5-6-7-8-9-10-11-12-13-14;3*1-3-4-2;/h12,14H,2-10,13H2,1H3;3*1,3-4H2,2H3;. The number of rotatable bonds is 20. The van der Waals surface area contributed by atoms with E-state index >= 15 is 0 Å². The van der Waals surface area contributed by atoms with Crippen LogP contribution in [0.4, 0.5) is 0 Å². The molecule has 0 atom stereocenters. The van der Waals surface area contributed by atoms with Crippen LogP contribution in [0.1, 0.15) is 124 Å². The number of aliphatic hydroxyl groups excluding tert-OH is 1. The average Bonchev–Trinajstić information content (AvgIpc) is 2.69. The van der Waals surface area contributed by atoms with Gasteiger partial charge in [0.1, 0.15) is 0 Å². The molecule has 0 aromatic carbocycles. The van der Waals surface area contributed by atoms with Crippen LogP contribution < -0.4 is 0 Å². The Hall–Kier alpha value is 0.499. The first-order valence-electron chi connectivity index (χ1n) is 12.5. The summed E-state index contributed by atoms with van der Waals surface area (Å²) in [5, 5.41) is 9.76. The van der Waals surface area contributed by atoms with Gasteiger partial charge in [0, 0.05) is 0 Å². The van der Waals surface area contributed by atoms with Crippen LogP contribution in [0.3, 0.4) is 0 Å². The van der Waals surface area contributed by atoms with Crippen molar-refractivity contribution in [1.29, 1.82) is 0 Å². The zero-order valence-electron chi connectivity index (χ0n) is 19.5. The van der Waals surface area contributed by atoms with E-state index in [0.717, 1.165) is 0 Å². The SMILES string of the molecule is CCCCCCCCCC/[C](=C/CO)[Sn]([CH2]CCC)([CH2]CCC)[CH2]CCC. The number of aliphatic hydroxyl groups is 1. The van der Waals surface area contributed by atoms with Crippen LogP contribution in [-0.4, -0.2) is 30.1 Å². The van der Waals surface area contributed by atoms with Crippen LogP contribution >= 0.6 is 0 Å². The quantitative estimate of drug-likeness (QED) is 0.134. The summed E-state index contributed by atoms with van der Waals surface area (Å²) >= 11 is -2.30. The van der Waals surface area contributed by atoms with E-state index in [1.807, 2.05) is 3.59 Å². The molecule has 0 amide bonds. The first kappa shape index (κ1) is 27.5. The molecule has 0 aromatic heterocycles. The van der Waals surface area contributed by atoms with Gasteiger partial charge >= 0.3 is 177 Å². The number of unbranched alkanes of at least 4 members (excludes halogenated alkanes) is 10. The number of allylic oxidation sites excluding steroid dienone is 1. The van der Waals surface area contributed by atoms with Gasteiger partial charge in [0.05, 0.1) is 0 Å². The maximum absolute atomic E-state index is 9.76. The summed E-state index contributed by atoms with van der Waals surface area (Å²) in [7, 11) is 0. The predicted octanol–water partition coefficient (Wildman–Crippen LogP) is 8.82. The van der Waals surface area contributed by atoms with Crippen molar-refractivity contribution in [3.63, 3.8) is 0 Å². The average molecular weight is 487 g/mol. The van der Waals surface area contributed by atoms with Gasteiger partial charge in [-0.25, -0.2) is 0 Å². The molecule has 0 bridgehead atoms. The summed E-state index contributed by atoms with van der Waals surface area (Å²) in [4.78, 5) is 0. The zero-order chi connectivity index (χ0) is 20.2. The van der Waals surface area contributed by atoms with Gasteiger partial charge in [-0.3, -0.25) is 0 Å². The minimum absolute atomic E-state index is 0.273. The van der Waals surface area contributed by atoms with E-state index in [9.17, 15) is 5.11 Å². The molecule has 0 radical (unpaired) electrons. The molecule has 0 rings (SSSR count). The summed E-state index contributed by atoms with van der Waals surface area (Å²) in [6.45, 7) is 9.62. The summed E-state index contributed by atoms with van der Waals surface area (Å²) in [6.07, 6.45) is 23.1. The molecule has 1 N–H and O–H groups in total. The third kappa shape index (κ3) is 13.4. The van der Waals surface area contributed by atoms with Crippen molar-refractivity contribution in [3.8, 4) is 0 Å². The molecule has 2 heteroatoms. The monoisotopic (exact) mass is 488 g/mol. The van der Waals surface area contributed by atoms with E-state index in [4.69, 9.17) is 0 Å². The van der Waals surface area contributed by atoms with Crippen molar-refractivity contribution in [2.75, 3.05) is 6.61 Å². The topological polar surface area (TPSA) is 20.2 Å². The van der Waals surface area contributed by atoms with E-state index in [0.29, 0.717) is 0 Å². The van der Waals surface area contributed by atoms with Crippen LogP contribution in [0.15, 0.2) is 9.67 Å². The second-order valence-electron chi connectivity index (χ2n) is 8.73. The third-order valence-corrected chi connectivity index (χ3v) is 22.8. The van der Waals surface area contributed by atoms with Crippen molar-refractivity contribution < 1.29 is 5.11 Å². The van der Waals surface area contributed by atoms with Crippen LogP contribution in [0.25, 0.3) is 0 Å². The molecule has 162 valence electrons. The predicted molar refractivity (Wildman–Crippen MR) is 127 cm³/mol. The third-order valence-electron chi connectivity index (χ3n) is 6.35. The summed E-state index contributed by atoms with van der Waals surface area (Å²) in [5.74, 6) is 0. The molecule has 0 aromatic rings. The second-order valence-corrected chi connectivity index (χ2v) is 22.2. The van der Waals surface area contributed by atoms with Crippen LogP contribution in [-0.2, 0) is 0 Å². The summed E-state index contributed by atoms with van der Waals surface area (Å²) in [5.41, 5.74) is 0. The fourth-order valence-electron chi connectivity index (χ4n) is 4.55. The Balaban J connectivity index is 4.80. The fourth-order valence-corrected chi connectivity index (χ4v) is 21.8. The molecule has 0 saturated heterocycles. The number of hydrogen-bond donors (Lipinski definition) is 1. The molecule has 0 aliphatic heterocycles. The van der Waals surface area contributed by atoms with Gasteiger partial charge in [0.2, 0.25) is 0 Å². The van der Waals surface area contributed by atoms with Gasteiger partial charge in [-0.05, 0) is 0 Å². The Kier molecular flexibility index (Phi) is 20.2. The van der Waals surface area contributed by atoms with Crippen LogP contribution in [0.5, 0.6) is 0 Å². The van der Waals surface area contributed by atoms with Crippen molar-refractivity contribution >= 4 is 18.4 Å². The van der Waals surface area contributed by atoms with Gasteiger partial charge in [0.15, 0.2) is 0 Å². The van der Waals surface area contributed by atoms with E-state index in [2.05, 4.69) is 33.8 Å². The minimum atomic E-state index is -2.30. The molecule has 0 unspecified atom stereocenters. The molecule has 0 fully saturated rings. The van der Waals surface area contributed by atoms with E-state index in [1.165, 1.54) is 110 Å². The molecule has 0 heterocycles. The van der Waals surface area contributed by atoms with E-state index in [-0.39, 0.29) is 6.61 Å².